The molecule has 5 nitrogen and oxygen atoms in total. The van der Waals surface area contributed by atoms with Crippen LogP contribution in [-0.2, 0) is 4.74 Å². The molecule has 1 aliphatic heterocycles. The van der Waals surface area contributed by atoms with Crippen LogP contribution in [0, 0.1) is 0 Å². The molecule has 0 amide bonds. The Labute approximate surface area is 130 Å². The van der Waals surface area contributed by atoms with Crippen molar-refractivity contribution < 1.29 is 20.1 Å². The highest BCUT2D eigenvalue weighted by Crippen LogP contribution is 2.36. The van der Waals surface area contributed by atoms with Crippen LogP contribution in [0.25, 0.3) is 10.8 Å². The van der Waals surface area contributed by atoms with Gasteiger partial charge in [0.25, 0.3) is 0 Å². The zero-order valence-electron chi connectivity index (χ0n) is 11.2. The zero-order valence-corrected chi connectivity index (χ0v) is 12.8. The van der Waals surface area contributed by atoms with Gasteiger partial charge in [0, 0.05) is 22.5 Å². The van der Waals surface area contributed by atoms with E-state index >= 15 is 0 Å². The molecule has 0 unspecified atom stereocenters. The van der Waals surface area contributed by atoms with Gasteiger partial charge >= 0.3 is 0 Å². The van der Waals surface area contributed by atoms with Gasteiger partial charge in [-0.2, -0.15) is 0 Å². The highest BCUT2D eigenvalue weighted by molar-refractivity contribution is 9.10. The van der Waals surface area contributed by atoms with Crippen LogP contribution in [0.3, 0.4) is 0 Å². The summed E-state index contributed by atoms with van der Waals surface area (Å²) in [6.45, 7) is -0.344. The molecular weight excluding hydrogens is 338 g/mol. The number of benzene rings is 1. The van der Waals surface area contributed by atoms with Crippen molar-refractivity contribution in [2.75, 3.05) is 6.61 Å². The molecule has 0 bridgehead atoms. The highest BCUT2D eigenvalue weighted by atomic mass is 79.9. The van der Waals surface area contributed by atoms with E-state index < -0.39 is 24.4 Å². The molecule has 1 fully saturated rings. The smallest absolute Gasteiger partial charge is 0.110 e. The van der Waals surface area contributed by atoms with Crippen LogP contribution in [0.2, 0.25) is 0 Å². The van der Waals surface area contributed by atoms with Gasteiger partial charge < -0.3 is 20.1 Å². The van der Waals surface area contributed by atoms with Crippen molar-refractivity contribution in [2.24, 2.45) is 0 Å². The normalized spacial score (nSPS) is 29.7. The molecule has 21 heavy (non-hydrogen) atoms. The molecule has 0 aliphatic carbocycles. The number of hydrogen-bond donors (Lipinski definition) is 3. The van der Waals surface area contributed by atoms with Gasteiger partial charge in [-0.05, 0) is 21.3 Å². The van der Waals surface area contributed by atoms with E-state index in [4.69, 9.17) is 4.74 Å². The minimum absolute atomic E-state index is 0.246. The molecule has 112 valence electrons. The number of aromatic nitrogens is 1. The summed E-state index contributed by atoms with van der Waals surface area (Å²) in [5.41, 5.74) is 0.707. The Morgan fingerprint density at radius 1 is 1.24 bits per heavy atom. The summed E-state index contributed by atoms with van der Waals surface area (Å²) in [5.74, 6) is 0. The largest absolute Gasteiger partial charge is 0.394 e. The van der Waals surface area contributed by atoms with Gasteiger partial charge in [0.05, 0.1) is 18.4 Å². The number of halogens is 1. The lowest BCUT2D eigenvalue weighted by atomic mass is 9.94. The predicted molar refractivity (Wildman–Crippen MR) is 80.8 cm³/mol. The van der Waals surface area contributed by atoms with Crippen LogP contribution >= 0.6 is 15.9 Å². The lowest BCUT2D eigenvalue weighted by molar-refractivity contribution is -0.182. The number of aliphatic hydroxyl groups excluding tert-OH is 3. The standard InChI is InChI=1S/C15H16BrNO4/c16-10-6-17-14(9-4-2-1-3-8(9)10)12-5-11(19)15(20)13(7-18)21-12/h1-4,6,11-13,15,18-20H,5,7H2/t11-,12-,13-,15+/m1/s1. The minimum Gasteiger partial charge on any atom is -0.394 e. The van der Waals surface area contributed by atoms with E-state index in [1.807, 2.05) is 24.3 Å². The third-order valence-electron chi connectivity index (χ3n) is 3.83. The maximum atomic E-state index is 9.96. The maximum Gasteiger partial charge on any atom is 0.110 e. The van der Waals surface area contributed by atoms with Crippen LogP contribution in [0.15, 0.2) is 34.9 Å². The Balaban J connectivity index is 2.03. The van der Waals surface area contributed by atoms with Crippen LogP contribution in [-0.4, -0.2) is 45.2 Å². The summed E-state index contributed by atoms with van der Waals surface area (Å²) in [5, 5.41) is 31.0. The molecule has 0 spiro atoms. The van der Waals surface area contributed by atoms with Gasteiger partial charge in [-0.25, -0.2) is 0 Å². The minimum atomic E-state index is -1.08. The molecule has 1 aromatic carbocycles. The fourth-order valence-corrected chi connectivity index (χ4v) is 3.17. The van der Waals surface area contributed by atoms with E-state index in [1.54, 1.807) is 6.20 Å². The summed E-state index contributed by atoms with van der Waals surface area (Å²) in [6.07, 6.45) is -1.33. The van der Waals surface area contributed by atoms with Crippen LogP contribution in [0.4, 0.5) is 0 Å². The van der Waals surface area contributed by atoms with Gasteiger partial charge in [0.1, 0.15) is 18.3 Å². The first-order chi connectivity index (χ1) is 10.1. The molecule has 3 rings (SSSR count). The molecular formula is C15H16BrNO4. The van der Waals surface area contributed by atoms with Crippen molar-refractivity contribution >= 4 is 26.7 Å². The van der Waals surface area contributed by atoms with Crippen molar-refractivity contribution in [3.63, 3.8) is 0 Å². The quantitative estimate of drug-likeness (QED) is 0.762. The third kappa shape index (κ3) is 2.69. The van der Waals surface area contributed by atoms with Crippen LogP contribution in [0.1, 0.15) is 18.2 Å². The first-order valence-corrected chi connectivity index (χ1v) is 7.56. The SMILES string of the molecule is OC[C@H]1O[C@@H](c2ncc(Br)c3ccccc23)C[C@@H](O)[C@@H]1O. The highest BCUT2D eigenvalue weighted by Gasteiger charge is 2.38. The van der Waals surface area contributed by atoms with E-state index in [0.717, 1.165) is 15.2 Å². The molecule has 2 aromatic rings. The fourth-order valence-electron chi connectivity index (χ4n) is 2.72. The summed E-state index contributed by atoms with van der Waals surface area (Å²) < 4.78 is 6.60. The van der Waals surface area contributed by atoms with Gasteiger partial charge in [0.2, 0.25) is 0 Å². The van der Waals surface area contributed by atoms with Crippen molar-refractivity contribution in [3.8, 4) is 0 Å². The molecule has 1 aliphatic rings. The van der Waals surface area contributed by atoms with E-state index in [2.05, 4.69) is 20.9 Å². The Kier molecular flexibility index (Phi) is 4.24. The summed E-state index contributed by atoms with van der Waals surface area (Å²) in [7, 11) is 0. The van der Waals surface area contributed by atoms with Crippen molar-refractivity contribution in [1.82, 2.24) is 4.98 Å². The molecule has 2 heterocycles. The van der Waals surface area contributed by atoms with E-state index in [9.17, 15) is 15.3 Å². The Hall–Kier alpha value is -1.05. The molecule has 3 N–H and O–H groups in total. The Morgan fingerprint density at radius 2 is 1.95 bits per heavy atom. The first-order valence-electron chi connectivity index (χ1n) is 6.77. The molecule has 1 aromatic heterocycles. The Bertz CT molecular complexity index is 651. The fraction of sp³-hybridized carbons (Fsp3) is 0.400. The predicted octanol–water partition coefficient (Wildman–Crippen LogP) is 1.54. The second-order valence-electron chi connectivity index (χ2n) is 5.18. The number of rotatable bonds is 2. The summed E-state index contributed by atoms with van der Waals surface area (Å²) in [4.78, 5) is 4.41. The monoisotopic (exact) mass is 353 g/mol. The summed E-state index contributed by atoms with van der Waals surface area (Å²) in [6, 6.07) is 7.77. The molecule has 0 saturated carbocycles. The van der Waals surface area contributed by atoms with Crippen molar-refractivity contribution in [2.45, 2.75) is 30.8 Å². The number of fused-ring (bicyclic) bond motifs is 1. The molecule has 0 radical (unpaired) electrons. The van der Waals surface area contributed by atoms with Crippen LogP contribution in [0.5, 0.6) is 0 Å². The number of ether oxygens (including phenoxy) is 1. The van der Waals surface area contributed by atoms with Crippen molar-refractivity contribution in [1.29, 1.82) is 0 Å². The maximum absolute atomic E-state index is 9.96. The van der Waals surface area contributed by atoms with E-state index in [0.29, 0.717) is 5.69 Å². The first kappa shape index (κ1) is 14.9. The second kappa shape index (κ2) is 5.98. The molecule has 1 saturated heterocycles. The van der Waals surface area contributed by atoms with E-state index in [-0.39, 0.29) is 13.0 Å². The lowest BCUT2D eigenvalue weighted by Gasteiger charge is -2.36. The van der Waals surface area contributed by atoms with Gasteiger partial charge in [0.15, 0.2) is 0 Å². The number of aliphatic hydroxyl groups is 3. The number of hydrogen-bond acceptors (Lipinski definition) is 5. The molecule has 6 heteroatoms. The van der Waals surface area contributed by atoms with Gasteiger partial charge in [-0.3, -0.25) is 4.98 Å². The van der Waals surface area contributed by atoms with Gasteiger partial charge in [-0.1, -0.05) is 24.3 Å². The number of nitrogens with zero attached hydrogens (tertiary/aromatic N) is 1. The second-order valence-corrected chi connectivity index (χ2v) is 6.03. The topological polar surface area (TPSA) is 82.8 Å². The average molecular weight is 354 g/mol. The number of pyridine rings is 1. The molecule has 4 atom stereocenters. The average Bonchev–Trinajstić information content (AvgIpc) is 2.51. The third-order valence-corrected chi connectivity index (χ3v) is 4.46. The summed E-state index contributed by atoms with van der Waals surface area (Å²) >= 11 is 3.47. The lowest BCUT2D eigenvalue weighted by Crippen LogP contribution is -2.47. The van der Waals surface area contributed by atoms with Gasteiger partial charge in [-0.15, -0.1) is 0 Å². The van der Waals surface area contributed by atoms with Crippen LogP contribution < -0.4 is 0 Å². The zero-order chi connectivity index (χ0) is 15.0. The van der Waals surface area contributed by atoms with E-state index in [1.165, 1.54) is 0 Å². The van der Waals surface area contributed by atoms with Crippen molar-refractivity contribution in [3.05, 3.63) is 40.6 Å². The Morgan fingerprint density at radius 3 is 2.67 bits per heavy atom.